The van der Waals surface area contributed by atoms with Crippen molar-refractivity contribution in [1.29, 1.82) is 0 Å². The Balaban J connectivity index is 1.68. The van der Waals surface area contributed by atoms with Gasteiger partial charge in [-0.1, -0.05) is 35.9 Å². The number of rotatable bonds is 6. The maximum Gasteiger partial charge on any atom is 0.349 e. The van der Waals surface area contributed by atoms with Gasteiger partial charge in [0.15, 0.2) is 11.3 Å². The van der Waals surface area contributed by atoms with Gasteiger partial charge in [-0.15, -0.1) is 0 Å². The fourth-order valence-corrected chi connectivity index (χ4v) is 3.79. The van der Waals surface area contributed by atoms with E-state index in [4.69, 9.17) is 25.5 Å². The number of ether oxygens (including phenoxy) is 2. The number of hydrogen-bond acceptors (Lipinski definition) is 5. The lowest BCUT2D eigenvalue weighted by atomic mass is 10.1. The normalized spacial score (nSPS) is 16.0. The molecule has 2 aromatic carbocycles. The molecule has 30 heavy (non-hydrogen) atoms. The molecule has 0 N–H and O–H groups in total. The van der Waals surface area contributed by atoms with Gasteiger partial charge in [-0.3, -0.25) is 4.79 Å². The summed E-state index contributed by atoms with van der Waals surface area (Å²) in [6.07, 6.45) is 1.80. The summed E-state index contributed by atoms with van der Waals surface area (Å²) in [6.45, 7) is 1.42. The van der Waals surface area contributed by atoms with Gasteiger partial charge in [0.2, 0.25) is 0 Å². The minimum atomic E-state index is -0.689. The molecule has 1 amide bonds. The van der Waals surface area contributed by atoms with Gasteiger partial charge < -0.3 is 18.8 Å². The molecule has 0 aliphatic carbocycles. The van der Waals surface area contributed by atoms with Crippen molar-refractivity contribution in [2.24, 2.45) is 0 Å². The first-order valence-corrected chi connectivity index (χ1v) is 10.2. The lowest BCUT2D eigenvalue weighted by molar-refractivity contribution is 0.0504. The molecule has 4 rings (SSSR count). The van der Waals surface area contributed by atoms with Crippen molar-refractivity contribution in [3.63, 3.8) is 0 Å². The van der Waals surface area contributed by atoms with Gasteiger partial charge in [0.1, 0.15) is 5.56 Å². The highest BCUT2D eigenvalue weighted by molar-refractivity contribution is 6.30. The summed E-state index contributed by atoms with van der Waals surface area (Å²) in [5, 5.41) is 1.25. The summed E-state index contributed by atoms with van der Waals surface area (Å²) in [5.74, 6) is 0.0555. The second kappa shape index (κ2) is 8.90. The average molecular weight is 428 g/mol. The minimum Gasteiger partial charge on any atom is -0.493 e. The number of halogens is 1. The fourth-order valence-electron chi connectivity index (χ4n) is 3.66. The van der Waals surface area contributed by atoms with Crippen molar-refractivity contribution in [1.82, 2.24) is 4.90 Å². The van der Waals surface area contributed by atoms with Crippen LogP contribution in [0.25, 0.3) is 11.0 Å². The second-order valence-electron chi connectivity index (χ2n) is 7.27. The molecule has 7 heteroatoms. The van der Waals surface area contributed by atoms with Gasteiger partial charge >= 0.3 is 5.63 Å². The van der Waals surface area contributed by atoms with Crippen molar-refractivity contribution < 1.29 is 18.7 Å². The standard InChI is InChI=1S/C23H22ClNO5/c1-28-20-6-2-4-16-12-19(23(27)30-21(16)20)22(26)25(14-18-5-3-11-29-18)13-15-7-9-17(24)10-8-15/h2,4,6-10,12,18H,3,5,11,13-14H2,1H3/t18-/m1/s1. The van der Waals surface area contributed by atoms with Crippen LogP contribution in [0.5, 0.6) is 5.75 Å². The Morgan fingerprint density at radius 2 is 2.03 bits per heavy atom. The van der Waals surface area contributed by atoms with Gasteiger partial charge in [-0.25, -0.2) is 4.79 Å². The third kappa shape index (κ3) is 4.35. The molecule has 1 fully saturated rings. The molecule has 0 spiro atoms. The van der Waals surface area contributed by atoms with E-state index in [1.54, 1.807) is 41.3 Å². The van der Waals surface area contributed by atoms with Gasteiger partial charge in [0.25, 0.3) is 5.91 Å². The molecule has 2 heterocycles. The number of benzene rings is 2. The van der Waals surface area contributed by atoms with Crippen LogP contribution in [-0.2, 0) is 11.3 Å². The maximum atomic E-state index is 13.4. The summed E-state index contributed by atoms with van der Waals surface area (Å²) in [4.78, 5) is 27.7. The molecule has 3 aromatic rings. The van der Waals surface area contributed by atoms with Crippen LogP contribution >= 0.6 is 11.6 Å². The molecule has 0 unspecified atom stereocenters. The van der Waals surface area contributed by atoms with Gasteiger partial charge in [-0.05, 0) is 42.7 Å². The zero-order chi connectivity index (χ0) is 21.1. The van der Waals surface area contributed by atoms with Crippen LogP contribution < -0.4 is 10.4 Å². The molecular formula is C23H22ClNO5. The number of methoxy groups -OCH3 is 1. The van der Waals surface area contributed by atoms with Crippen LogP contribution in [0.1, 0.15) is 28.8 Å². The monoisotopic (exact) mass is 427 g/mol. The summed E-state index contributed by atoms with van der Waals surface area (Å²) in [7, 11) is 1.50. The number of carbonyl (C=O) groups excluding carboxylic acids is 1. The molecule has 1 aliphatic heterocycles. The number of fused-ring (bicyclic) bond motifs is 1. The summed E-state index contributed by atoms with van der Waals surface area (Å²) in [5.41, 5.74) is 0.538. The molecule has 1 saturated heterocycles. The molecule has 0 saturated carbocycles. The first kappa shape index (κ1) is 20.4. The minimum absolute atomic E-state index is 0.0114. The Morgan fingerprint density at radius 1 is 1.23 bits per heavy atom. The predicted octanol–water partition coefficient (Wildman–Crippen LogP) is 4.28. The Kier molecular flexibility index (Phi) is 6.06. The van der Waals surface area contributed by atoms with Gasteiger partial charge in [0.05, 0.1) is 13.2 Å². The fraction of sp³-hybridized carbons (Fsp3) is 0.304. The van der Waals surface area contributed by atoms with Crippen LogP contribution in [0.3, 0.4) is 0 Å². The third-order valence-electron chi connectivity index (χ3n) is 5.20. The van der Waals surface area contributed by atoms with Crippen LogP contribution in [0.4, 0.5) is 0 Å². The number of para-hydroxylation sites is 1. The van der Waals surface area contributed by atoms with E-state index in [0.717, 1.165) is 18.4 Å². The lowest BCUT2D eigenvalue weighted by Crippen LogP contribution is -2.38. The van der Waals surface area contributed by atoms with Gasteiger partial charge in [-0.2, -0.15) is 0 Å². The quantitative estimate of drug-likeness (QED) is 0.549. The van der Waals surface area contributed by atoms with E-state index in [1.807, 2.05) is 12.1 Å². The highest BCUT2D eigenvalue weighted by atomic mass is 35.5. The third-order valence-corrected chi connectivity index (χ3v) is 5.45. The Labute approximate surface area is 179 Å². The van der Waals surface area contributed by atoms with Crippen LogP contribution in [0.2, 0.25) is 5.02 Å². The molecular weight excluding hydrogens is 406 g/mol. The van der Waals surface area contributed by atoms with Crippen LogP contribution in [0.15, 0.2) is 57.7 Å². The molecule has 156 valence electrons. The van der Waals surface area contributed by atoms with Crippen molar-refractivity contribution in [2.45, 2.75) is 25.5 Å². The van der Waals surface area contributed by atoms with E-state index in [1.165, 1.54) is 7.11 Å². The SMILES string of the molecule is COc1cccc2cc(C(=O)N(Cc3ccc(Cl)cc3)C[C@H]3CCCO3)c(=O)oc12. The van der Waals surface area contributed by atoms with Crippen molar-refractivity contribution in [3.05, 3.63) is 75.1 Å². The largest absolute Gasteiger partial charge is 0.493 e. The topological polar surface area (TPSA) is 69.0 Å². The first-order chi connectivity index (χ1) is 14.5. The summed E-state index contributed by atoms with van der Waals surface area (Å²) < 4.78 is 16.4. The van der Waals surface area contributed by atoms with E-state index in [-0.39, 0.29) is 17.6 Å². The second-order valence-corrected chi connectivity index (χ2v) is 7.71. The number of nitrogens with zero attached hydrogens (tertiary/aromatic N) is 1. The number of carbonyl (C=O) groups is 1. The van der Waals surface area contributed by atoms with E-state index in [9.17, 15) is 9.59 Å². The van der Waals surface area contributed by atoms with Crippen LogP contribution in [0, 0.1) is 0 Å². The lowest BCUT2D eigenvalue weighted by Gasteiger charge is -2.25. The molecule has 6 nitrogen and oxygen atoms in total. The summed E-state index contributed by atoms with van der Waals surface area (Å²) in [6, 6.07) is 14.1. The van der Waals surface area contributed by atoms with E-state index < -0.39 is 5.63 Å². The average Bonchev–Trinajstić information content (AvgIpc) is 3.26. The Bertz CT molecular complexity index is 1100. The highest BCUT2D eigenvalue weighted by Gasteiger charge is 2.26. The van der Waals surface area contributed by atoms with Crippen molar-refractivity contribution in [3.8, 4) is 5.75 Å². The van der Waals surface area contributed by atoms with E-state index >= 15 is 0 Å². The van der Waals surface area contributed by atoms with Crippen LogP contribution in [-0.4, -0.2) is 37.2 Å². The van der Waals surface area contributed by atoms with E-state index in [2.05, 4.69) is 0 Å². The molecule has 0 radical (unpaired) electrons. The molecule has 1 aromatic heterocycles. The van der Waals surface area contributed by atoms with Crippen molar-refractivity contribution >= 4 is 28.5 Å². The maximum absolute atomic E-state index is 13.4. The smallest absolute Gasteiger partial charge is 0.349 e. The zero-order valence-corrected chi connectivity index (χ0v) is 17.4. The van der Waals surface area contributed by atoms with Crippen molar-refractivity contribution in [2.75, 3.05) is 20.3 Å². The molecule has 0 bridgehead atoms. The number of hydrogen-bond donors (Lipinski definition) is 0. The molecule has 1 atom stereocenters. The Hall–Kier alpha value is -2.83. The Morgan fingerprint density at radius 3 is 2.73 bits per heavy atom. The van der Waals surface area contributed by atoms with E-state index in [0.29, 0.717) is 41.4 Å². The number of amides is 1. The molecule has 1 aliphatic rings. The predicted molar refractivity (Wildman–Crippen MR) is 114 cm³/mol. The van der Waals surface area contributed by atoms with Gasteiger partial charge in [0, 0.05) is 30.1 Å². The zero-order valence-electron chi connectivity index (χ0n) is 16.6. The highest BCUT2D eigenvalue weighted by Crippen LogP contribution is 2.25. The first-order valence-electron chi connectivity index (χ1n) is 9.81. The summed E-state index contributed by atoms with van der Waals surface area (Å²) >= 11 is 5.98.